The Morgan fingerprint density at radius 2 is 2.00 bits per heavy atom. The Morgan fingerprint density at radius 3 is 2.77 bits per heavy atom. The van der Waals surface area contributed by atoms with Crippen molar-refractivity contribution in [3.8, 4) is 23.2 Å². The quantitative estimate of drug-likeness (QED) is 0.283. The number of nitrogens with two attached hydrogens (primary N) is 1. The maximum Gasteiger partial charge on any atom is 0.319 e. The number of ether oxygens (including phenoxy) is 1. The first-order valence-corrected chi connectivity index (χ1v) is 16.1. The van der Waals surface area contributed by atoms with Crippen molar-refractivity contribution >= 4 is 54.7 Å². The van der Waals surface area contributed by atoms with Crippen LogP contribution in [0.25, 0.3) is 32.1 Å². The number of hydrogen-bond acceptors (Lipinski definition) is 9. The number of benzene rings is 2. The summed E-state index contributed by atoms with van der Waals surface area (Å²) < 4.78 is 52.5. The summed E-state index contributed by atoms with van der Waals surface area (Å²) in [5, 5.41) is 14.3. The van der Waals surface area contributed by atoms with E-state index < -0.39 is 23.3 Å². The zero-order chi connectivity index (χ0) is 30.3. The van der Waals surface area contributed by atoms with Gasteiger partial charge >= 0.3 is 6.01 Å². The molecule has 8 rings (SSSR count). The second kappa shape index (κ2) is 10.3. The first-order chi connectivity index (χ1) is 21.2. The molecule has 4 atom stereocenters. The van der Waals surface area contributed by atoms with Crippen LogP contribution < -0.4 is 20.7 Å². The number of anilines is 2. The fraction of sp³-hybridized carbons (Fsp3) is 0.452. The Kier molecular flexibility index (Phi) is 6.61. The highest BCUT2D eigenvalue weighted by atomic mass is 35.5. The molecule has 4 fully saturated rings. The average Bonchev–Trinajstić information content (AvgIpc) is 3.73. The number of nitrogen functional groups attached to an aromatic ring is 1. The minimum atomic E-state index is -0.914. The first kappa shape index (κ1) is 28.1. The van der Waals surface area contributed by atoms with E-state index in [9.17, 15) is 14.0 Å². The van der Waals surface area contributed by atoms with Gasteiger partial charge in [0.25, 0.3) is 0 Å². The van der Waals surface area contributed by atoms with Crippen molar-refractivity contribution in [3.05, 3.63) is 40.4 Å². The molecule has 13 heteroatoms. The molecule has 2 aromatic heterocycles. The van der Waals surface area contributed by atoms with Crippen LogP contribution >= 0.6 is 22.9 Å². The Morgan fingerprint density at radius 1 is 1.20 bits per heavy atom. The van der Waals surface area contributed by atoms with Crippen molar-refractivity contribution in [2.45, 2.75) is 55.9 Å². The van der Waals surface area contributed by atoms with E-state index in [-0.39, 0.29) is 67.0 Å². The number of piperazine rings is 1. The predicted molar refractivity (Wildman–Crippen MR) is 165 cm³/mol. The molecule has 0 amide bonds. The number of nitrogens with zero attached hydrogens (tertiary/aromatic N) is 5. The summed E-state index contributed by atoms with van der Waals surface area (Å²) in [6.45, 7) is 2.77. The highest BCUT2D eigenvalue weighted by Crippen LogP contribution is 2.46. The summed E-state index contributed by atoms with van der Waals surface area (Å²) in [5.41, 5.74) is 5.94. The van der Waals surface area contributed by atoms with Crippen molar-refractivity contribution in [2.24, 2.45) is 0 Å². The van der Waals surface area contributed by atoms with Gasteiger partial charge in [-0.25, -0.2) is 13.2 Å². The van der Waals surface area contributed by atoms with Gasteiger partial charge in [0.2, 0.25) is 0 Å². The number of alkyl halides is 1. The van der Waals surface area contributed by atoms with E-state index in [1.54, 1.807) is 6.07 Å². The van der Waals surface area contributed by atoms with E-state index >= 15 is 4.39 Å². The topological polar surface area (TPSA) is 103 Å². The van der Waals surface area contributed by atoms with E-state index in [1.807, 2.05) is 6.07 Å². The van der Waals surface area contributed by atoms with Crippen molar-refractivity contribution in [3.63, 3.8) is 0 Å². The van der Waals surface area contributed by atoms with Crippen LogP contribution in [0.3, 0.4) is 0 Å². The number of halogens is 4. The molecule has 0 spiro atoms. The molecule has 6 heterocycles. The Hall–Kier alpha value is -3.37. The van der Waals surface area contributed by atoms with Crippen LogP contribution in [-0.2, 0) is 0 Å². The summed E-state index contributed by atoms with van der Waals surface area (Å²) in [7, 11) is 0. The first-order valence-electron chi connectivity index (χ1n) is 14.9. The molecule has 2 bridgehead atoms. The minimum absolute atomic E-state index is 0.00466. The monoisotopic (exact) mass is 639 g/mol. The molecular formula is C31H29ClF3N7OS. The van der Waals surface area contributed by atoms with Crippen molar-refractivity contribution in [1.29, 1.82) is 5.26 Å². The lowest BCUT2D eigenvalue weighted by Gasteiger charge is -2.34. The van der Waals surface area contributed by atoms with E-state index in [4.69, 9.17) is 27.1 Å². The number of rotatable bonds is 5. The standard InChI is InChI=1S/C31H29ClF3N7OS/c32-21-8-19-26(25(35)24(21)18-4-5-22(34)27-23(18)20(10-36)28(37)44-27)39-30(40-29(19)41-12-16-2-3-17(13-41)38-16)43-14-31-6-1-7-42(31)11-15(33)9-31/h4-5,8,15-17,38H,1-3,6-7,9,11-14,37H2/t15-,16-,17+,31+/m1/s1. The fourth-order valence-electron chi connectivity index (χ4n) is 7.84. The largest absolute Gasteiger partial charge is 0.461 e. The fourth-order valence-corrected chi connectivity index (χ4v) is 9.08. The molecule has 0 radical (unpaired) electrons. The lowest BCUT2D eigenvalue weighted by Crippen LogP contribution is -2.51. The van der Waals surface area contributed by atoms with Crippen LogP contribution in [0.4, 0.5) is 24.0 Å². The van der Waals surface area contributed by atoms with Gasteiger partial charge in [-0.05, 0) is 49.9 Å². The summed E-state index contributed by atoms with van der Waals surface area (Å²) in [6.07, 6.45) is 3.33. The molecule has 228 valence electrons. The minimum Gasteiger partial charge on any atom is -0.461 e. The normalized spacial score (nSPS) is 26.5. The van der Waals surface area contributed by atoms with Crippen molar-refractivity contribution in [1.82, 2.24) is 20.2 Å². The smallest absolute Gasteiger partial charge is 0.319 e. The van der Waals surface area contributed by atoms with Gasteiger partial charge in [-0.2, -0.15) is 15.2 Å². The number of nitriles is 1. The molecule has 0 aliphatic carbocycles. The molecule has 0 unspecified atom stereocenters. The zero-order valence-corrected chi connectivity index (χ0v) is 25.2. The van der Waals surface area contributed by atoms with Crippen LogP contribution in [0.15, 0.2) is 18.2 Å². The Balaban J connectivity index is 1.29. The van der Waals surface area contributed by atoms with E-state index in [1.165, 1.54) is 12.1 Å². The second-order valence-electron chi connectivity index (χ2n) is 12.4. The van der Waals surface area contributed by atoms with Crippen molar-refractivity contribution in [2.75, 3.05) is 43.4 Å². The SMILES string of the molecule is N#Cc1c(N)sc2c(F)ccc(-c3c(Cl)cc4c(N5C[C@H]6CC[C@@H](C5)N6)nc(OC[C@@]56CCCN5C[C@H](F)C6)nc4c3F)c12. The zero-order valence-electron chi connectivity index (χ0n) is 23.7. The summed E-state index contributed by atoms with van der Waals surface area (Å²) in [4.78, 5) is 13.6. The summed E-state index contributed by atoms with van der Waals surface area (Å²) >= 11 is 7.76. The number of nitrogens with one attached hydrogen (secondary N) is 1. The van der Waals surface area contributed by atoms with E-state index in [0.717, 1.165) is 43.6 Å². The average molecular weight is 640 g/mol. The van der Waals surface area contributed by atoms with Gasteiger partial charge in [0.1, 0.15) is 41.0 Å². The molecule has 4 saturated heterocycles. The molecule has 4 aliphatic heterocycles. The molecular weight excluding hydrogens is 611 g/mol. The maximum atomic E-state index is 16.9. The van der Waals surface area contributed by atoms with Crippen LogP contribution in [0.1, 0.15) is 37.7 Å². The van der Waals surface area contributed by atoms with E-state index in [2.05, 4.69) is 20.1 Å². The van der Waals surface area contributed by atoms with Gasteiger partial charge in [-0.1, -0.05) is 17.7 Å². The lowest BCUT2D eigenvalue weighted by molar-refractivity contribution is 0.107. The number of aromatic nitrogens is 2. The molecule has 3 N–H and O–H groups in total. The van der Waals surface area contributed by atoms with Gasteiger partial charge in [0.05, 0.1) is 20.8 Å². The van der Waals surface area contributed by atoms with Gasteiger partial charge in [-0.15, -0.1) is 11.3 Å². The third-order valence-corrected chi connectivity index (χ3v) is 11.1. The predicted octanol–water partition coefficient (Wildman–Crippen LogP) is 5.79. The molecule has 44 heavy (non-hydrogen) atoms. The molecule has 4 aliphatic rings. The number of thiophene rings is 1. The van der Waals surface area contributed by atoms with Crippen molar-refractivity contribution < 1.29 is 17.9 Å². The highest BCUT2D eigenvalue weighted by molar-refractivity contribution is 7.23. The number of hydrogen-bond donors (Lipinski definition) is 2. The van der Waals surface area contributed by atoms with Gasteiger partial charge in [-0.3, -0.25) is 4.90 Å². The Bertz CT molecular complexity index is 1870. The summed E-state index contributed by atoms with van der Waals surface area (Å²) in [6, 6.07) is 6.89. The van der Waals surface area contributed by atoms with Gasteiger partial charge in [0, 0.05) is 54.5 Å². The van der Waals surface area contributed by atoms with Crippen LogP contribution in [0, 0.1) is 23.0 Å². The maximum absolute atomic E-state index is 16.9. The van der Waals surface area contributed by atoms with Crippen LogP contribution in [0.2, 0.25) is 5.02 Å². The van der Waals surface area contributed by atoms with Crippen LogP contribution in [-0.4, -0.2) is 71.4 Å². The third kappa shape index (κ3) is 4.31. The highest BCUT2D eigenvalue weighted by Gasteiger charge is 2.49. The summed E-state index contributed by atoms with van der Waals surface area (Å²) in [5.74, 6) is -0.769. The molecule has 0 saturated carbocycles. The molecule has 8 nitrogen and oxygen atoms in total. The van der Waals surface area contributed by atoms with E-state index in [0.29, 0.717) is 37.3 Å². The Labute approximate surface area is 260 Å². The third-order valence-electron chi connectivity index (χ3n) is 9.79. The molecule has 4 aromatic rings. The van der Waals surface area contributed by atoms with Gasteiger partial charge < -0.3 is 20.7 Å². The van der Waals surface area contributed by atoms with Gasteiger partial charge in [0.15, 0.2) is 5.82 Å². The molecule has 2 aromatic carbocycles. The van der Waals surface area contributed by atoms with Crippen LogP contribution in [0.5, 0.6) is 6.01 Å². The second-order valence-corrected chi connectivity index (χ2v) is 13.9. The number of fused-ring (bicyclic) bond motifs is 5. The lowest BCUT2D eigenvalue weighted by atomic mass is 9.95.